The van der Waals surface area contributed by atoms with Crippen LogP contribution in [0.2, 0.25) is 0 Å². The topological polar surface area (TPSA) is 75.4 Å². The number of benzene rings is 1. The molecule has 6 nitrogen and oxygen atoms in total. The van der Waals surface area contributed by atoms with E-state index in [0.717, 1.165) is 48.1 Å². The van der Waals surface area contributed by atoms with E-state index in [0.29, 0.717) is 18.7 Å². The number of hydrogen-bond acceptors (Lipinski definition) is 5. The third-order valence-electron chi connectivity index (χ3n) is 5.97. The summed E-state index contributed by atoms with van der Waals surface area (Å²) >= 11 is 0. The second-order valence-electron chi connectivity index (χ2n) is 8.11. The number of likely N-dealkylation sites (tertiary alicyclic amines) is 1. The monoisotopic (exact) mass is 405 g/mol. The van der Waals surface area contributed by atoms with E-state index in [1.165, 1.54) is 5.56 Å². The van der Waals surface area contributed by atoms with Crippen LogP contribution in [0.25, 0.3) is 11.0 Å². The number of carbonyl (C=O) groups is 1. The van der Waals surface area contributed by atoms with Crippen molar-refractivity contribution in [3.63, 3.8) is 0 Å². The second kappa shape index (κ2) is 8.79. The molecule has 0 bridgehead atoms. The number of nitrogens with one attached hydrogen (secondary N) is 1. The zero-order valence-corrected chi connectivity index (χ0v) is 17.5. The highest BCUT2D eigenvalue weighted by molar-refractivity contribution is 5.82. The smallest absolute Gasteiger partial charge is 0.336 e. The Labute approximate surface area is 175 Å². The van der Waals surface area contributed by atoms with Gasteiger partial charge < -0.3 is 9.73 Å². The fourth-order valence-electron chi connectivity index (χ4n) is 4.03. The molecule has 1 aliphatic heterocycles. The molecule has 156 valence electrons. The Bertz CT molecular complexity index is 1100. The molecule has 1 aliphatic rings. The molecule has 4 rings (SSSR count). The normalized spacial score (nSPS) is 15.4. The van der Waals surface area contributed by atoms with Crippen molar-refractivity contribution in [2.24, 2.45) is 5.92 Å². The number of carbonyl (C=O) groups excluding carboxylic acids is 1. The van der Waals surface area contributed by atoms with Crippen LogP contribution in [0.5, 0.6) is 0 Å². The lowest BCUT2D eigenvalue weighted by molar-refractivity contribution is -0.126. The number of aryl methyl sites for hydroxylation is 2. The van der Waals surface area contributed by atoms with Gasteiger partial charge in [0.2, 0.25) is 5.91 Å². The van der Waals surface area contributed by atoms with Gasteiger partial charge in [-0.2, -0.15) is 0 Å². The molecule has 1 N–H and O–H groups in total. The Morgan fingerprint density at radius 1 is 1.17 bits per heavy atom. The molecular formula is C24H27N3O3. The van der Waals surface area contributed by atoms with Crippen molar-refractivity contribution in [1.82, 2.24) is 15.2 Å². The van der Waals surface area contributed by atoms with Crippen LogP contribution in [0.3, 0.4) is 0 Å². The van der Waals surface area contributed by atoms with Crippen molar-refractivity contribution >= 4 is 16.9 Å². The molecule has 0 radical (unpaired) electrons. The lowest BCUT2D eigenvalue weighted by Gasteiger charge is -2.31. The summed E-state index contributed by atoms with van der Waals surface area (Å²) in [6.07, 6.45) is 3.35. The summed E-state index contributed by atoms with van der Waals surface area (Å²) in [4.78, 5) is 31.1. The van der Waals surface area contributed by atoms with E-state index >= 15 is 0 Å². The summed E-state index contributed by atoms with van der Waals surface area (Å²) in [5.74, 6) is 0.115. The van der Waals surface area contributed by atoms with Crippen molar-refractivity contribution in [3.8, 4) is 0 Å². The highest BCUT2D eigenvalue weighted by atomic mass is 16.4. The maximum Gasteiger partial charge on any atom is 0.336 e. The van der Waals surface area contributed by atoms with Crippen LogP contribution in [-0.2, 0) is 17.9 Å². The van der Waals surface area contributed by atoms with E-state index in [1.807, 2.05) is 31.2 Å². The number of hydrogen-bond donors (Lipinski definition) is 1. The minimum absolute atomic E-state index is 0.0208. The molecular weight excluding hydrogens is 378 g/mol. The summed E-state index contributed by atoms with van der Waals surface area (Å²) in [5, 5.41) is 4.00. The van der Waals surface area contributed by atoms with Crippen LogP contribution in [0, 0.1) is 19.8 Å². The number of amides is 1. The molecule has 6 heteroatoms. The number of piperidine rings is 1. The molecule has 1 aromatic carbocycles. The van der Waals surface area contributed by atoms with Gasteiger partial charge in [-0.25, -0.2) is 4.79 Å². The van der Waals surface area contributed by atoms with Crippen molar-refractivity contribution in [1.29, 1.82) is 0 Å². The van der Waals surface area contributed by atoms with Gasteiger partial charge in [-0.15, -0.1) is 0 Å². The van der Waals surface area contributed by atoms with Gasteiger partial charge in [0.15, 0.2) is 0 Å². The predicted octanol–water partition coefficient (Wildman–Crippen LogP) is 3.33. The summed E-state index contributed by atoms with van der Waals surface area (Å²) in [6, 6.07) is 11.3. The predicted molar refractivity (Wildman–Crippen MR) is 116 cm³/mol. The van der Waals surface area contributed by atoms with Gasteiger partial charge in [-0.3, -0.25) is 14.7 Å². The lowest BCUT2D eigenvalue weighted by Crippen LogP contribution is -2.40. The Balaban J connectivity index is 1.37. The van der Waals surface area contributed by atoms with Crippen molar-refractivity contribution < 1.29 is 9.21 Å². The Morgan fingerprint density at radius 3 is 2.67 bits per heavy atom. The molecule has 30 heavy (non-hydrogen) atoms. The Morgan fingerprint density at radius 2 is 1.93 bits per heavy atom. The van der Waals surface area contributed by atoms with Gasteiger partial charge in [-0.1, -0.05) is 6.07 Å². The molecule has 2 aromatic heterocycles. The minimum atomic E-state index is -0.315. The van der Waals surface area contributed by atoms with Gasteiger partial charge in [-0.05, 0) is 80.7 Å². The van der Waals surface area contributed by atoms with Crippen LogP contribution in [0.4, 0.5) is 0 Å². The number of fused-ring (bicyclic) bond motifs is 1. The average molecular weight is 405 g/mol. The molecule has 0 unspecified atom stereocenters. The summed E-state index contributed by atoms with van der Waals surface area (Å²) in [6.45, 7) is 6.89. The molecule has 0 aliphatic carbocycles. The van der Waals surface area contributed by atoms with E-state index in [9.17, 15) is 9.59 Å². The first-order valence-corrected chi connectivity index (χ1v) is 10.4. The summed E-state index contributed by atoms with van der Waals surface area (Å²) in [5.41, 5.74) is 4.47. The van der Waals surface area contributed by atoms with Crippen molar-refractivity contribution in [3.05, 3.63) is 75.4 Å². The first-order chi connectivity index (χ1) is 14.5. The maximum atomic E-state index is 12.5. The summed E-state index contributed by atoms with van der Waals surface area (Å²) in [7, 11) is 0. The van der Waals surface area contributed by atoms with Crippen molar-refractivity contribution in [2.75, 3.05) is 13.1 Å². The van der Waals surface area contributed by atoms with Gasteiger partial charge >= 0.3 is 5.63 Å². The van der Waals surface area contributed by atoms with Gasteiger partial charge in [0.25, 0.3) is 0 Å². The number of rotatable bonds is 5. The van der Waals surface area contributed by atoms with E-state index in [-0.39, 0.29) is 17.5 Å². The van der Waals surface area contributed by atoms with Crippen LogP contribution >= 0.6 is 0 Å². The fourth-order valence-corrected chi connectivity index (χ4v) is 4.03. The van der Waals surface area contributed by atoms with Crippen molar-refractivity contribution in [2.45, 2.75) is 39.8 Å². The molecule has 1 fully saturated rings. The van der Waals surface area contributed by atoms with E-state index in [4.69, 9.17) is 4.42 Å². The standard InChI is InChI=1S/C24H27N3O3/c1-16-11-21-19(13-23(28)30-22(21)12-17(16)2)15-27-9-6-18(7-10-27)24(29)26-14-20-5-3-4-8-25-20/h3-5,8,11-13,18H,6-7,9-10,14-15H2,1-2H3,(H,26,29). The first-order valence-electron chi connectivity index (χ1n) is 10.4. The quantitative estimate of drug-likeness (QED) is 0.659. The van der Waals surface area contributed by atoms with Crippen LogP contribution < -0.4 is 10.9 Å². The summed E-state index contributed by atoms with van der Waals surface area (Å²) < 4.78 is 5.41. The van der Waals surface area contributed by atoms with Gasteiger partial charge in [0.1, 0.15) is 5.58 Å². The first kappa shape index (κ1) is 20.3. The zero-order chi connectivity index (χ0) is 21.1. The third kappa shape index (κ3) is 4.60. The molecule has 0 atom stereocenters. The van der Waals surface area contributed by atoms with Crippen LogP contribution in [0.15, 0.2) is 51.8 Å². The van der Waals surface area contributed by atoms with Gasteiger partial charge in [0.05, 0.1) is 12.2 Å². The third-order valence-corrected chi connectivity index (χ3v) is 5.97. The minimum Gasteiger partial charge on any atom is -0.423 e. The maximum absolute atomic E-state index is 12.5. The molecule has 3 heterocycles. The zero-order valence-electron chi connectivity index (χ0n) is 17.5. The Kier molecular flexibility index (Phi) is 5.95. The molecule has 0 spiro atoms. The van der Waals surface area contributed by atoms with Gasteiger partial charge in [0, 0.05) is 30.1 Å². The van der Waals surface area contributed by atoms with E-state index < -0.39 is 0 Å². The largest absolute Gasteiger partial charge is 0.423 e. The number of pyridine rings is 1. The van der Waals surface area contributed by atoms with Crippen LogP contribution in [0.1, 0.15) is 35.2 Å². The fraction of sp³-hybridized carbons (Fsp3) is 0.375. The highest BCUT2D eigenvalue weighted by Crippen LogP contribution is 2.25. The average Bonchev–Trinajstić information content (AvgIpc) is 2.74. The SMILES string of the molecule is Cc1cc2oc(=O)cc(CN3CCC(C(=O)NCc4ccccn4)CC3)c2cc1C. The Hall–Kier alpha value is -2.99. The number of aromatic nitrogens is 1. The molecule has 1 saturated heterocycles. The van der Waals surface area contributed by atoms with E-state index in [1.54, 1.807) is 12.3 Å². The van der Waals surface area contributed by atoms with Crippen LogP contribution in [-0.4, -0.2) is 28.9 Å². The highest BCUT2D eigenvalue weighted by Gasteiger charge is 2.25. The molecule has 3 aromatic rings. The van der Waals surface area contributed by atoms with E-state index in [2.05, 4.69) is 28.2 Å². The lowest BCUT2D eigenvalue weighted by atomic mass is 9.95. The molecule has 0 saturated carbocycles. The second-order valence-corrected chi connectivity index (χ2v) is 8.11. The number of nitrogens with zero attached hydrogens (tertiary/aromatic N) is 2. The molecule has 1 amide bonds.